The van der Waals surface area contributed by atoms with Crippen LogP contribution >= 0.6 is 23.1 Å². The van der Waals surface area contributed by atoms with Crippen molar-refractivity contribution in [2.75, 3.05) is 11.9 Å². The monoisotopic (exact) mass is 361 g/mol. The topological polar surface area (TPSA) is 64.1 Å². The minimum Gasteiger partial charge on any atom is -0.465 e. The van der Waals surface area contributed by atoms with Crippen LogP contribution in [0.1, 0.15) is 12.0 Å². The van der Waals surface area contributed by atoms with Crippen molar-refractivity contribution in [3.8, 4) is 0 Å². The molecule has 10 heteroatoms. The van der Waals surface area contributed by atoms with E-state index in [4.69, 9.17) is 4.74 Å². The van der Waals surface area contributed by atoms with E-state index in [-0.39, 0.29) is 22.0 Å². The standard InChI is InChI=1S/C13H10F3N3O2S2/c14-13(15,16)7-3-1-2-4-8(7)17-11-18-19-12(23-11)22-9-5-6-21-10(9)20/h1-4,9H,5-6H2,(H,17,18)/t9-/m1/s1. The fourth-order valence-corrected chi connectivity index (χ4v) is 3.95. The first-order valence-electron chi connectivity index (χ1n) is 6.53. The number of benzene rings is 1. The van der Waals surface area contributed by atoms with Crippen molar-refractivity contribution >= 4 is 39.9 Å². The van der Waals surface area contributed by atoms with Gasteiger partial charge in [-0.15, -0.1) is 10.2 Å². The lowest BCUT2D eigenvalue weighted by molar-refractivity contribution is -0.138. The summed E-state index contributed by atoms with van der Waals surface area (Å²) in [5.41, 5.74) is -0.864. The second-order valence-electron chi connectivity index (χ2n) is 4.60. The van der Waals surface area contributed by atoms with Gasteiger partial charge in [0.1, 0.15) is 5.25 Å². The molecule has 3 rings (SSSR count). The number of ether oxygens (including phenoxy) is 1. The molecule has 2 heterocycles. The molecule has 0 unspecified atom stereocenters. The third-order valence-electron chi connectivity index (χ3n) is 3.01. The number of anilines is 2. The third kappa shape index (κ3) is 3.75. The van der Waals surface area contributed by atoms with Gasteiger partial charge in [-0.2, -0.15) is 13.2 Å². The molecule has 1 aliphatic heterocycles. The number of nitrogens with one attached hydrogen (secondary N) is 1. The van der Waals surface area contributed by atoms with Crippen molar-refractivity contribution in [2.45, 2.75) is 22.2 Å². The number of hydrogen-bond donors (Lipinski definition) is 1. The average Bonchev–Trinajstić information content (AvgIpc) is 3.09. The molecule has 1 N–H and O–H groups in total. The van der Waals surface area contributed by atoms with Crippen LogP contribution in [0.2, 0.25) is 0 Å². The summed E-state index contributed by atoms with van der Waals surface area (Å²) < 4.78 is 44.2. The van der Waals surface area contributed by atoms with E-state index in [9.17, 15) is 18.0 Å². The van der Waals surface area contributed by atoms with Crippen LogP contribution < -0.4 is 5.32 Å². The van der Waals surface area contributed by atoms with Crippen LogP contribution in [-0.4, -0.2) is 28.0 Å². The first kappa shape index (κ1) is 16.1. The Labute approximate surface area is 137 Å². The Bertz CT molecular complexity index is 720. The van der Waals surface area contributed by atoms with Crippen molar-refractivity contribution in [3.05, 3.63) is 29.8 Å². The molecule has 1 aliphatic rings. The maximum Gasteiger partial charge on any atom is 0.418 e. The van der Waals surface area contributed by atoms with Crippen LogP contribution in [0.5, 0.6) is 0 Å². The summed E-state index contributed by atoms with van der Waals surface area (Å²) >= 11 is 2.30. The molecule has 0 saturated carbocycles. The Balaban J connectivity index is 1.74. The van der Waals surface area contributed by atoms with Crippen LogP contribution in [0.25, 0.3) is 0 Å². The van der Waals surface area contributed by atoms with E-state index in [1.807, 2.05) is 0 Å². The second kappa shape index (κ2) is 6.36. The highest BCUT2D eigenvalue weighted by Gasteiger charge is 2.33. The zero-order valence-corrected chi connectivity index (χ0v) is 13.1. The Hall–Kier alpha value is -1.81. The number of nitrogens with zero attached hydrogens (tertiary/aromatic N) is 2. The molecule has 0 aliphatic carbocycles. The SMILES string of the molecule is O=C1OCC[C@H]1Sc1nnc(Nc2ccccc2C(F)(F)F)s1. The highest BCUT2D eigenvalue weighted by molar-refractivity contribution is 8.02. The highest BCUT2D eigenvalue weighted by atomic mass is 32.2. The largest absolute Gasteiger partial charge is 0.465 e. The van der Waals surface area contributed by atoms with Gasteiger partial charge in [-0.1, -0.05) is 35.2 Å². The number of thioether (sulfide) groups is 1. The Kier molecular flexibility index (Phi) is 4.44. The van der Waals surface area contributed by atoms with Gasteiger partial charge >= 0.3 is 12.1 Å². The van der Waals surface area contributed by atoms with Crippen LogP contribution in [0, 0.1) is 0 Å². The molecular formula is C13H10F3N3O2S2. The average molecular weight is 361 g/mol. The molecule has 5 nitrogen and oxygen atoms in total. The van der Waals surface area contributed by atoms with Gasteiger partial charge in [0.15, 0.2) is 4.34 Å². The number of carbonyl (C=O) groups excluding carboxylic acids is 1. The van der Waals surface area contributed by atoms with E-state index in [0.717, 1.165) is 17.4 Å². The zero-order chi connectivity index (χ0) is 16.4. The lowest BCUT2D eigenvalue weighted by Crippen LogP contribution is -2.08. The van der Waals surface area contributed by atoms with Gasteiger partial charge in [-0.05, 0) is 12.1 Å². The van der Waals surface area contributed by atoms with Gasteiger partial charge in [0, 0.05) is 6.42 Å². The minimum atomic E-state index is -4.46. The molecule has 2 aromatic rings. The van der Waals surface area contributed by atoms with Gasteiger partial charge in [0.25, 0.3) is 0 Å². The Morgan fingerprint density at radius 1 is 1.30 bits per heavy atom. The van der Waals surface area contributed by atoms with Crippen LogP contribution in [0.15, 0.2) is 28.6 Å². The maximum absolute atomic E-state index is 12.9. The van der Waals surface area contributed by atoms with Gasteiger partial charge in [0.2, 0.25) is 5.13 Å². The van der Waals surface area contributed by atoms with Crippen LogP contribution in [-0.2, 0) is 15.7 Å². The molecule has 1 aromatic heterocycles. The van der Waals surface area contributed by atoms with Gasteiger partial charge < -0.3 is 10.1 Å². The minimum absolute atomic E-state index is 0.0898. The number of alkyl halides is 3. The summed E-state index contributed by atoms with van der Waals surface area (Å²) in [6.07, 6.45) is -3.87. The Morgan fingerprint density at radius 2 is 2.09 bits per heavy atom. The van der Waals surface area contributed by atoms with Crippen molar-refractivity contribution in [1.29, 1.82) is 0 Å². The molecule has 0 amide bonds. The normalized spacial score (nSPS) is 18.0. The molecule has 122 valence electrons. The summed E-state index contributed by atoms with van der Waals surface area (Å²) in [7, 11) is 0. The summed E-state index contributed by atoms with van der Waals surface area (Å²) in [6, 6.07) is 5.14. The van der Waals surface area contributed by atoms with E-state index in [1.165, 1.54) is 30.0 Å². The summed E-state index contributed by atoms with van der Waals surface area (Å²) in [5.74, 6) is -0.304. The molecule has 1 saturated heterocycles. The van der Waals surface area contributed by atoms with Gasteiger partial charge in [0.05, 0.1) is 17.9 Å². The lowest BCUT2D eigenvalue weighted by atomic mass is 10.2. The highest BCUT2D eigenvalue weighted by Crippen LogP contribution is 2.38. The van der Waals surface area contributed by atoms with Crippen LogP contribution in [0.4, 0.5) is 24.0 Å². The van der Waals surface area contributed by atoms with E-state index in [0.29, 0.717) is 17.4 Å². The second-order valence-corrected chi connectivity index (χ2v) is 7.03. The first-order valence-corrected chi connectivity index (χ1v) is 8.23. The fourth-order valence-electron chi connectivity index (χ4n) is 1.97. The van der Waals surface area contributed by atoms with Crippen molar-refractivity contribution in [3.63, 3.8) is 0 Å². The molecule has 0 spiro atoms. The van der Waals surface area contributed by atoms with E-state index >= 15 is 0 Å². The number of para-hydroxylation sites is 1. The summed E-state index contributed by atoms with van der Waals surface area (Å²) in [6.45, 7) is 0.374. The van der Waals surface area contributed by atoms with E-state index in [1.54, 1.807) is 0 Å². The molecule has 0 bridgehead atoms. The molecular weight excluding hydrogens is 351 g/mol. The predicted octanol–water partition coefficient (Wildman–Crippen LogP) is 3.71. The van der Waals surface area contributed by atoms with E-state index < -0.39 is 11.7 Å². The van der Waals surface area contributed by atoms with Gasteiger partial charge in [-0.25, -0.2) is 0 Å². The smallest absolute Gasteiger partial charge is 0.418 e. The number of rotatable bonds is 4. The number of carbonyl (C=O) groups is 1. The lowest BCUT2D eigenvalue weighted by Gasteiger charge is -2.12. The molecule has 0 radical (unpaired) electrons. The fraction of sp³-hybridized carbons (Fsp3) is 0.308. The maximum atomic E-state index is 12.9. The van der Waals surface area contributed by atoms with Crippen molar-refractivity contribution < 1.29 is 22.7 Å². The molecule has 1 aromatic carbocycles. The summed E-state index contributed by atoms with van der Waals surface area (Å²) in [5, 5.41) is 10.2. The number of cyclic esters (lactones) is 1. The van der Waals surface area contributed by atoms with Gasteiger partial charge in [-0.3, -0.25) is 4.79 Å². The number of esters is 1. The molecule has 1 atom stereocenters. The van der Waals surface area contributed by atoms with Crippen molar-refractivity contribution in [1.82, 2.24) is 10.2 Å². The molecule has 1 fully saturated rings. The third-order valence-corrected chi connectivity index (χ3v) is 5.18. The molecule has 23 heavy (non-hydrogen) atoms. The van der Waals surface area contributed by atoms with Crippen molar-refractivity contribution in [2.24, 2.45) is 0 Å². The first-order chi connectivity index (χ1) is 10.9. The Morgan fingerprint density at radius 3 is 2.78 bits per heavy atom. The van der Waals surface area contributed by atoms with Crippen LogP contribution in [0.3, 0.4) is 0 Å². The zero-order valence-electron chi connectivity index (χ0n) is 11.5. The predicted molar refractivity (Wildman–Crippen MR) is 79.9 cm³/mol. The number of aromatic nitrogens is 2. The number of hydrogen-bond acceptors (Lipinski definition) is 7. The summed E-state index contributed by atoms with van der Waals surface area (Å²) in [4.78, 5) is 11.4. The number of halogens is 3. The van der Waals surface area contributed by atoms with E-state index in [2.05, 4.69) is 15.5 Å². The quantitative estimate of drug-likeness (QED) is 0.838.